The Morgan fingerprint density at radius 2 is 1.08 bits per heavy atom. The molecule has 5 nitrogen and oxygen atoms in total. The standard InChI is InChI=1S/C20H32O5/c1-13(2)23-17(21)19(9-5-6-10-19)15-16(25-15)20(11-7-8-12-20)18(22)24-14(3)4/h13-16H,5-12H2,1-4H3. The molecule has 2 atom stereocenters. The van der Waals surface area contributed by atoms with Gasteiger partial charge < -0.3 is 14.2 Å². The third-order valence-corrected chi connectivity index (χ3v) is 6.07. The normalized spacial score (nSPS) is 29.8. The predicted octanol–water partition coefficient (Wildman–Crippen LogP) is 3.78. The lowest BCUT2D eigenvalue weighted by molar-refractivity contribution is -0.163. The SMILES string of the molecule is CC(C)OC(=O)C1(C2OC2C2(C(=O)OC(C)C)CCCC2)CCCC1. The molecular formula is C20H32O5. The molecule has 0 spiro atoms. The van der Waals surface area contributed by atoms with Crippen LogP contribution in [0.4, 0.5) is 0 Å². The van der Waals surface area contributed by atoms with E-state index in [0.29, 0.717) is 0 Å². The number of ether oxygens (including phenoxy) is 3. The molecule has 0 aromatic heterocycles. The van der Waals surface area contributed by atoms with Gasteiger partial charge in [-0.05, 0) is 53.4 Å². The monoisotopic (exact) mass is 352 g/mol. The van der Waals surface area contributed by atoms with Crippen LogP contribution in [0.3, 0.4) is 0 Å². The third kappa shape index (κ3) is 3.32. The highest BCUT2D eigenvalue weighted by molar-refractivity contribution is 5.82. The van der Waals surface area contributed by atoms with E-state index in [4.69, 9.17) is 14.2 Å². The first-order valence-electron chi connectivity index (χ1n) is 9.89. The molecule has 2 unspecified atom stereocenters. The van der Waals surface area contributed by atoms with Crippen molar-refractivity contribution in [2.45, 2.75) is 103 Å². The number of epoxide rings is 1. The Morgan fingerprint density at radius 1 is 0.760 bits per heavy atom. The molecule has 0 bridgehead atoms. The largest absolute Gasteiger partial charge is 0.462 e. The first kappa shape index (κ1) is 18.7. The molecule has 0 aromatic rings. The lowest BCUT2D eigenvalue weighted by atomic mass is 9.73. The number of hydrogen-bond acceptors (Lipinski definition) is 5. The average Bonchev–Trinajstić information content (AvgIpc) is 3.01. The first-order chi connectivity index (χ1) is 11.8. The summed E-state index contributed by atoms with van der Waals surface area (Å²) in [7, 11) is 0. The first-order valence-corrected chi connectivity index (χ1v) is 9.89. The molecular weight excluding hydrogens is 320 g/mol. The number of carbonyl (C=O) groups is 2. The van der Waals surface area contributed by atoms with Crippen molar-refractivity contribution in [3.8, 4) is 0 Å². The van der Waals surface area contributed by atoms with Gasteiger partial charge in [-0.25, -0.2) is 0 Å². The Labute approximate surface area is 150 Å². The number of esters is 2. The molecule has 3 aliphatic rings. The Kier molecular flexibility index (Phi) is 5.16. The van der Waals surface area contributed by atoms with Gasteiger partial charge in [-0.1, -0.05) is 25.7 Å². The van der Waals surface area contributed by atoms with E-state index in [2.05, 4.69) is 0 Å². The molecule has 2 saturated carbocycles. The van der Waals surface area contributed by atoms with Gasteiger partial charge in [0.2, 0.25) is 0 Å². The predicted molar refractivity (Wildman–Crippen MR) is 92.9 cm³/mol. The quantitative estimate of drug-likeness (QED) is 0.538. The number of hydrogen-bond donors (Lipinski definition) is 0. The van der Waals surface area contributed by atoms with Gasteiger partial charge in [0.15, 0.2) is 0 Å². The van der Waals surface area contributed by atoms with Gasteiger partial charge in [-0.2, -0.15) is 0 Å². The van der Waals surface area contributed by atoms with E-state index >= 15 is 0 Å². The summed E-state index contributed by atoms with van der Waals surface area (Å²) in [6.07, 6.45) is 6.62. The van der Waals surface area contributed by atoms with Crippen LogP contribution in [0.1, 0.15) is 79.1 Å². The number of carbonyl (C=O) groups excluding carboxylic acids is 2. The van der Waals surface area contributed by atoms with E-state index in [-0.39, 0.29) is 36.4 Å². The fourth-order valence-corrected chi connectivity index (χ4v) is 4.84. The zero-order chi connectivity index (χ0) is 18.2. The topological polar surface area (TPSA) is 65.1 Å². The smallest absolute Gasteiger partial charge is 0.315 e. The van der Waals surface area contributed by atoms with Crippen LogP contribution >= 0.6 is 0 Å². The molecule has 0 amide bonds. The highest BCUT2D eigenvalue weighted by Gasteiger charge is 2.69. The molecule has 5 heteroatoms. The zero-order valence-electron chi connectivity index (χ0n) is 16.0. The van der Waals surface area contributed by atoms with Crippen LogP contribution in [-0.4, -0.2) is 36.4 Å². The molecule has 3 rings (SSSR count). The van der Waals surface area contributed by atoms with E-state index in [1.165, 1.54) is 0 Å². The second kappa shape index (κ2) is 6.90. The summed E-state index contributed by atoms with van der Waals surface area (Å²) in [6.45, 7) is 7.52. The van der Waals surface area contributed by atoms with Gasteiger partial charge >= 0.3 is 11.9 Å². The minimum Gasteiger partial charge on any atom is -0.462 e. The molecule has 2 aliphatic carbocycles. The molecule has 1 saturated heterocycles. The van der Waals surface area contributed by atoms with Gasteiger partial charge in [-0.15, -0.1) is 0 Å². The van der Waals surface area contributed by atoms with Gasteiger partial charge in [0, 0.05) is 0 Å². The molecule has 1 aliphatic heterocycles. The average molecular weight is 352 g/mol. The molecule has 3 fully saturated rings. The van der Waals surface area contributed by atoms with Crippen LogP contribution in [0.5, 0.6) is 0 Å². The zero-order valence-corrected chi connectivity index (χ0v) is 16.0. The van der Waals surface area contributed by atoms with Crippen LogP contribution in [0.15, 0.2) is 0 Å². The molecule has 1 heterocycles. The van der Waals surface area contributed by atoms with Crippen molar-refractivity contribution in [1.29, 1.82) is 0 Å². The van der Waals surface area contributed by atoms with E-state index < -0.39 is 10.8 Å². The minimum atomic E-state index is -0.567. The lowest BCUT2D eigenvalue weighted by Gasteiger charge is -2.30. The van der Waals surface area contributed by atoms with Crippen LogP contribution in [0.2, 0.25) is 0 Å². The van der Waals surface area contributed by atoms with E-state index in [1.807, 2.05) is 27.7 Å². The van der Waals surface area contributed by atoms with Gasteiger partial charge in [0.05, 0.1) is 23.0 Å². The van der Waals surface area contributed by atoms with E-state index in [0.717, 1.165) is 51.4 Å². The van der Waals surface area contributed by atoms with Gasteiger partial charge in [-0.3, -0.25) is 9.59 Å². The molecule has 0 N–H and O–H groups in total. The Morgan fingerprint density at radius 3 is 1.36 bits per heavy atom. The van der Waals surface area contributed by atoms with Crippen molar-refractivity contribution in [3.63, 3.8) is 0 Å². The van der Waals surface area contributed by atoms with Crippen LogP contribution in [0, 0.1) is 10.8 Å². The van der Waals surface area contributed by atoms with Crippen molar-refractivity contribution in [2.75, 3.05) is 0 Å². The summed E-state index contributed by atoms with van der Waals surface area (Å²) in [5, 5.41) is 0. The summed E-state index contributed by atoms with van der Waals surface area (Å²) >= 11 is 0. The second-order valence-electron chi connectivity index (χ2n) is 8.61. The van der Waals surface area contributed by atoms with Crippen molar-refractivity contribution in [3.05, 3.63) is 0 Å². The number of rotatable bonds is 6. The van der Waals surface area contributed by atoms with E-state index in [9.17, 15) is 9.59 Å². The van der Waals surface area contributed by atoms with Crippen molar-refractivity contribution >= 4 is 11.9 Å². The fraction of sp³-hybridized carbons (Fsp3) is 0.900. The Balaban J connectivity index is 1.80. The second-order valence-corrected chi connectivity index (χ2v) is 8.61. The van der Waals surface area contributed by atoms with E-state index in [1.54, 1.807) is 0 Å². The highest BCUT2D eigenvalue weighted by atomic mass is 16.6. The van der Waals surface area contributed by atoms with Gasteiger partial charge in [0.25, 0.3) is 0 Å². The Bertz CT molecular complexity index is 466. The fourth-order valence-electron chi connectivity index (χ4n) is 4.84. The highest BCUT2D eigenvalue weighted by Crippen LogP contribution is 2.59. The summed E-state index contributed by atoms with van der Waals surface area (Å²) in [4.78, 5) is 25.7. The maximum atomic E-state index is 12.9. The van der Waals surface area contributed by atoms with Crippen molar-refractivity contribution in [2.24, 2.45) is 10.8 Å². The van der Waals surface area contributed by atoms with Crippen molar-refractivity contribution < 1.29 is 23.8 Å². The van der Waals surface area contributed by atoms with Crippen LogP contribution in [0.25, 0.3) is 0 Å². The van der Waals surface area contributed by atoms with Crippen molar-refractivity contribution in [1.82, 2.24) is 0 Å². The maximum absolute atomic E-state index is 12.9. The molecule has 142 valence electrons. The van der Waals surface area contributed by atoms with Gasteiger partial charge in [0.1, 0.15) is 12.2 Å². The summed E-state index contributed by atoms with van der Waals surface area (Å²) in [5.41, 5.74) is -1.13. The minimum absolute atomic E-state index is 0.131. The Hall–Kier alpha value is -1.10. The molecule has 0 aromatic carbocycles. The summed E-state index contributed by atoms with van der Waals surface area (Å²) < 4.78 is 17.2. The molecule has 25 heavy (non-hydrogen) atoms. The lowest BCUT2D eigenvalue weighted by Crippen LogP contribution is -2.43. The maximum Gasteiger partial charge on any atom is 0.315 e. The third-order valence-electron chi connectivity index (χ3n) is 6.07. The summed E-state index contributed by atoms with van der Waals surface area (Å²) in [5.74, 6) is -0.282. The van der Waals surface area contributed by atoms with Crippen LogP contribution < -0.4 is 0 Å². The summed E-state index contributed by atoms with van der Waals surface area (Å²) in [6, 6.07) is 0. The molecule has 0 radical (unpaired) electrons. The van der Waals surface area contributed by atoms with Crippen LogP contribution in [-0.2, 0) is 23.8 Å².